The highest BCUT2D eigenvalue weighted by molar-refractivity contribution is 5.11. The van der Waals surface area contributed by atoms with Crippen molar-refractivity contribution in [1.82, 2.24) is 5.32 Å². The molecular weight excluding hydrogens is 214 g/mol. The topological polar surface area (TPSA) is 44.8 Å². The molecular formula is C14H27NO2. The molecule has 0 aromatic rings. The number of nitrogens with one attached hydrogen (secondary N) is 1. The Hall–Kier alpha value is -0.120. The van der Waals surface area contributed by atoms with E-state index in [1.54, 1.807) is 0 Å². The third-order valence-electron chi connectivity index (χ3n) is 3.88. The van der Waals surface area contributed by atoms with E-state index in [0.717, 1.165) is 6.42 Å². The molecule has 1 aliphatic carbocycles. The minimum absolute atomic E-state index is 0.0505. The number of aliphatic hydroxyl groups excluding tert-OH is 1. The number of aliphatic hydroxyl groups is 1. The molecule has 5 atom stereocenters. The van der Waals surface area contributed by atoms with Crippen molar-refractivity contribution in [3.05, 3.63) is 0 Å². The van der Waals surface area contributed by atoms with Crippen LogP contribution in [0.3, 0.4) is 0 Å². The molecule has 3 nitrogen and oxygen atoms in total. The molecule has 0 spiro atoms. The fourth-order valence-electron chi connectivity index (χ4n) is 3.60. The van der Waals surface area contributed by atoms with Crippen molar-refractivity contribution >= 4 is 0 Å². The van der Waals surface area contributed by atoms with E-state index in [9.17, 15) is 5.11 Å². The Morgan fingerprint density at radius 1 is 1.12 bits per heavy atom. The third-order valence-corrected chi connectivity index (χ3v) is 3.88. The number of fused-ring (bicyclic) bond motifs is 1. The van der Waals surface area contributed by atoms with Crippen LogP contribution in [0, 0.1) is 11.3 Å². The van der Waals surface area contributed by atoms with Crippen LogP contribution in [0.5, 0.6) is 0 Å². The van der Waals surface area contributed by atoms with Gasteiger partial charge in [0.05, 0.1) is 12.2 Å². The van der Waals surface area contributed by atoms with Gasteiger partial charge in [-0.15, -0.1) is 0 Å². The highest BCUT2D eigenvalue weighted by atomic mass is 16.6. The summed E-state index contributed by atoms with van der Waals surface area (Å²) in [4.78, 5) is 0. The molecule has 100 valence electrons. The molecule has 2 rings (SSSR count). The van der Waals surface area contributed by atoms with Crippen LogP contribution < -0.4 is 5.32 Å². The van der Waals surface area contributed by atoms with Gasteiger partial charge in [-0.1, -0.05) is 27.7 Å². The van der Waals surface area contributed by atoms with Crippen LogP contribution in [-0.2, 0) is 4.74 Å². The predicted molar refractivity (Wildman–Crippen MR) is 68.9 cm³/mol. The van der Waals surface area contributed by atoms with Gasteiger partial charge in [0.2, 0.25) is 0 Å². The van der Waals surface area contributed by atoms with E-state index in [2.05, 4.69) is 46.9 Å². The maximum Gasteiger partial charge on any atom is 0.112 e. The fraction of sp³-hybridized carbons (Fsp3) is 1.00. The molecule has 2 N–H and O–H groups in total. The first-order valence-corrected chi connectivity index (χ1v) is 6.72. The molecule has 1 heterocycles. The lowest BCUT2D eigenvalue weighted by atomic mass is 9.81. The monoisotopic (exact) mass is 241 g/mol. The average molecular weight is 241 g/mol. The van der Waals surface area contributed by atoms with E-state index >= 15 is 0 Å². The summed E-state index contributed by atoms with van der Waals surface area (Å²) in [5.74, 6) is 0.411. The van der Waals surface area contributed by atoms with Crippen LogP contribution in [0.25, 0.3) is 0 Å². The van der Waals surface area contributed by atoms with E-state index in [-0.39, 0.29) is 29.9 Å². The first-order valence-electron chi connectivity index (χ1n) is 6.72. The summed E-state index contributed by atoms with van der Waals surface area (Å²) in [6, 6.07) is 0.177. The zero-order valence-electron chi connectivity index (χ0n) is 11.9. The lowest BCUT2D eigenvalue weighted by Gasteiger charge is -2.38. The molecule has 1 saturated heterocycles. The quantitative estimate of drug-likeness (QED) is 0.742. The van der Waals surface area contributed by atoms with Gasteiger partial charge in [0, 0.05) is 17.5 Å². The van der Waals surface area contributed by atoms with E-state index in [4.69, 9.17) is 4.74 Å². The summed E-state index contributed by atoms with van der Waals surface area (Å²) in [6.45, 7) is 13.4. The Labute approximate surface area is 105 Å². The molecule has 0 amide bonds. The Morgan fingerprint density at radius 3 is 2.12 bits per heavy atom. The molecule has 3 heteroatoms. The lowest BCUT2D eigenvalue weighted by molar-refractivity contribution is 0.0486. The predicted octanol–water partition coefficient (Wildman–Crippen LogP) is 1.94. The second-order valence-corrected chi connectivity index (χ2v) is 7.71. The number of ether oxygens (including phenoxy) is 1. The molecule has 17 heavy (non-hydrogen) atoms. The molecule has 2 fully saturated rings. The molecule has 0 bridgehead atoms. The van der Waals surface area contributed by atoms with Crippen LogP contribution in [0.15, 0.2) is 0 Å². The minimum Gasteiger partial charge on any atom is -0.389 e. The molecule has 5 unspecified atom stereocenters. The highest BCUT2D eigenvalue weighted by Gasteiger charge is 2.60. The van der Waals surface area contributed by atoms with Crippen molar-refractivity contribution in [2.45, 2.75) is 77.9 Å². The van der Waals surface area contributed by atoms with E-state index in [0.29, 0.717) is 11.3 Å². The van der Waals surface area contributed by atoms with Crippen LogP contribution in [0.2, 0.25) is 0 Å². The van der Waals surface area contributed by atoms with Crippen LogP contribution >= 0.6 is 0 Å². The molecule has 0 radical (unpaired) electrons. The van der Waals surface area contributed by atoms with Crippen molar-refractivity contribution in [3.8, 4) is 0 Å². The van der Waals surface area contributed by atoms with Crippen molar-refractivity contribution in [2.75, 3.05) is 0 Å². The highest BCUT2D eigenvalue weighted by Crippen LogP contribution is 2.44. The maximum atomic E-state index is 10.1. The van der Waals surface area contributed by atoms with Crippen molar-refractivity contribution < 1.29 is 9.84 Å². The van der Waals surface area contributed by atoms with E-state index < -0.39 is 0 Å². The molecule has 2 aliphatic rings. The molecule has 0 aromatic carbocycles. The van der Waals surface area contributed by atoms with Gasteiger partial charge in [-0.3, -0.25) is 0 Å². The number of hydrogen-bond acceptors (Lipinski definition) is 3. The number of hydrogen-bond donors (Lipinski definition) is 2. The summed E-state index contributed by atoms with van der Waals surface area (Å²) < 4.78 is 5.43. The van der Waals surface area contributed by atoms with Gasteiger partial charge in [0.1, 0.15) is 6.10 Å². The van der Waals surface area contributed by atoms with E-state index in [1.807, 2.05) is 0 Å². The summed E-state index contributed by atoms with van der Waals surface area (Å²) >= 11 is 0. The van der Waals surface area contributed by atoms with Gasteiger partial charge < -0.3 is 15.2 Å². The Kier molecular flexibility index (Phi) is 3.08. The van der Waals surface area contributed by atoms with Crippen molar-refractivity contribution in [3.63, 3.8) is 0 Å². The first kappa shape index (κ1) is 13.3. The summed E-state index contributed by atoms with van der Waals surface area (Å²) in [7, 11) is 0. The molecule has 1 aliphatic heterocycles. The summed E-state index contributed by atoms with van der Waals surface area (Å²) in [6.07, 6.45) is 1.13. The lowest BCUT2D eigenvalue weighted by Crippen LogP contribution is -2.54. The van der Waals surface area contributed by atoms with Crippen LogP contribution in [-0.4, -0.2) is 35.0 Å². The van der Waals surface area contributed by atoms with Gasteiger partial charge in [0.15, 0.2) is 0 Å². The third kappa shape index (κ3) is 2.83. The Bertz CT molecular complexity index is 281. The first-order chi connectivity index (χ1) is 7.61. The second kappa shape index (κ2) is 3.94. The second-order valence-electron chi connectivity index (χ2n) is 7.71. The van der Waals surface area contributed by atoms with Gasteiger partial charge in [0.25, 0.3) is 0 Å². The smallest absolute Gasteiger partial charge is 0.112 e. The van der Waals surface area contributed by atoms with Gasteiger partial charge in [-0.05, 0) is 25.7 Å². The average Bonchev–Trinajstić information content (AvgIpc) is 2.82. The van der Waals surface area contributed by atoms with Gasteiger partial charge >= 0.3 is 0 Å². The minimum atomic E-state index is -0.339. The SMILES string of the molecule is CC1C(NC(C)(C)CC(C)(C)C)C(O)C2OC12. The fourth-order valence-corrected chi connectivity index (χ4v) is 3.60. The van der Waals surface area contributed by atoms with Crippen molar-refractivity contribution in [1.29, 1.82) is 0 Å². The summed E-state index contributed by atoms with van der Waals surface area (Å²) in [5.41, 5.74) is 0.345. The number of rotatable bonds is 3. The van der Waals surface area contributed by atoms with Crippen molar-refractivity contribution in [2.24, 2.45) is 11.3 Å². The standard InChI is InChI=1S/C14H27NO2/c1-8-9(10(16)12-11(8)17-12)15-14(5,6)7-13(2,3)4/h8-12,15-16H,7H2,1-6H3. The largest absolute Gasteiger partial charge is 0.389 e. The molecule has 0 aromatic heterocycles. The van der Waals surface area contributed by atoms with Crippen LogP contribution in [0.4, 0.5) is 0 Å². The zero-order chi connectivity index (χ0) is 13.0. The Morgan fingerprint density at radius 2 is 1.71 bits per heavy atom. The maximum absolute atomic E-state index is 10.1. The van der Waals surface area contributed by atoms with Gasteiger partial charge in [-0.2, -0.15) is 0 Å². The van der Waals surface area contributed by atoms with E-state index in [1.165, 1.54) is 0 Å². The zero-order valence-corrected chi connectivity index (χ0v) is 11.9. The van der Waals surface area contributed by atoms with Gasteiger partial charge in [-0.25, -0.2) is 0 Å². The Balaban J connectivity index is 1.96. The molecule has 1 saturated carbocycles. The summed E-state index contributed by atoms with van der Waals surface area (Å²) in [5, 5.41) is 13.8. The number of epoxide rings is 1. The normalized spacial score (nSPS) is 41.5. The van der Waals surface area contributed by atoms with Crippen LogP contribution in [0.1, 0.15) is 48.0 Å².